The maximum atomic E-state index is 12.8. The topological polar surface area (TPSA) is 71.3 Å². The summed E-state index contributed by atoms with van der Waals surface area (Å²) < 4.78 is 39.7. The molecule has 9 heteroatoms. The molecule has 0 saturated carbocycles. The normalized spacial score (nSPS) is 16.3. The Hall–Kier alpha value is -2.16. The van der Waals surface area contributed by atoms with Crippen molar-refractivity contribution >= 4 is 11.6 Å². The number of carbonyl (C=O) groups excluding carboxylic acids is 1. The molecule has 136 valence electrons. The predicted octanol–water partition coefficient (Wildman–Crippen LogP) is 2.14. The number of alkyl halides is 3. The number of fused-ring (bicyclic) bond motifs is 1. The van der Waals surface area contributed by atoms with E-state index >= 15 is 0 Å². The monoisotopic (exact) mass is 355 g/mol. The summed E-state index contributed by atoms with van der Waals surface area (Å²) in [6, 6.07) is 2.23. The summed E-state index contributed by atoms with van der Waals surface area (Å²) in [7, 11) is 0. The third kappa shape index (κ3) is 4.47. The number of amides is 1. The molecule has 0 unspecified atom stereocenters. The second-order valence-corrected chi connectivity index (χ2v) is 6.27. The highest BCUT2D eigenvalue weighted by Crippen LogP contribution is 2.29. The van der Waals surface area contributed by atoms with Crippen LogP contribution in [0.3, 0.4) is 0 Å². The van der Waals surface area contributed by atoms with Crippen LogP contribution in [-0.4, -0.2) is 33.6 Å². The van der Waals surface area contributed by atoms with Gasteiger partial charge in [0.25, 0.3) is 0 Å². The van der Waals surface area contributed by atoms with E-state index in [1.54, 1.807) is 0 Å². The third-order valence-electron chi connectivity index (χ3n) is 4.48. The van der Waals surface area contributed by atoms with Crippen molar-refractivity contribution in [3.8, 4) is 0 Å². The van der Waals surface area contributed by atoms with Crippen LogP contribution in [-0.2, 0) is 17.5 Å². The number of piperidine rings is 1. The minimum atomic E-state index is -4.44. The standard InChI is InChI=1S/C16H20F3N5O/c17-16(18,19)12-2-3-13-22-23-14(24(13)10-12)9-21-15(25)4-1-11-5-7-20-8-6-11/h2-3,10-11,20H,1,4-9H2,(H,21,25). The highest BCUT2D eigenvalue weighted by molar-refractivity contribution is 5.75. The molecule has 1 aliphatic rings. The van der Waals surface area contributed by atoms with Gasteiger partial charge in [-0.15, -0.1) is 10.2 Å². The summed E-state index contributed by atoms with van der Waals surface area (Å²) in [4.78, 5) is 12.0. The van der Waals surface area contributed by atoms with Crippen LogP contribution in [0.25, 0.3) is 5.65 Å². The van der Waals surface area contributed by atoms with Crippen molar-refractivity contribution in [3.63, 3.8) is 0 Å². The van der Waals surface area contributed by atoms with Crippen LogP contribution in [0.15, 0.2) is 18.3 Å². The van der Waals surface area contributed by atoms with Crippen molar-refractivity contribution in [1.82, 2.24) is 25.2 Å². The van der Waals surface area contributed by atoms with E-state index in [2.05, 4.69) is 20.8 Å². The van der Waals surface area contributed by atoms with E-state index in [1.165, 1.54) is 10.5 Å². The summed E-state index contributed by atoms with van der Waals surface area (Å²) in [5.74, 6) is 0.703. The number of carbonyl (C=O) groups is 1. The van der Waals surface area contributed by atoms with Crippen molar-refractivity contribution in [3.05, 3.63) is 29.7 Å². The summed E-state index contributed by atoms with van der Waals surface area (Å²) in [6.07, 6.45) is -0.105. The van der Waals surface area contributed by atoms with Gasteiger partial charge < -0.3 is 10.6 Å². The molecule has 0 aromatic carbocycles. The van der Waals surface area contributed by atoms with Crippen LogP contribution in [0, 0.1) is 5.92 Å². The fourth-order valence-electron chi connectivity index (χ4n) is 3.00. The summed E-state index contributed by atoms with van der Waals surface area (Å²) in [5, 5.41) is 13.7. The van der Waals surface area contributed by atoms with Gasteiger partial charge in [0.05, 0.1) is 12.1 Å². The van der Waals surface area contributed by atoms with Crippen LogP contribution >= 0.6 is 0 Å². The smallest absolute Gasteiger partial charge is 0.349 e. The summed E-state index contributed by atoms with van der Waals surface area (Å²) in [6.45, 7) is 2.02. The Bertz CT molecular complexity index is 737. The quantitative estimate of drug-likeness (QED) is 0.862. The molecular formula is C16H20F3N5O. The van der Waals surface area contributed by atoms with E-state index in [1.807, 2.05) is 0 Å². The van der Waals surface area contributed by atoms with Gasteiger partial charge in [0.15, 0.2) is 11.5 Å². The number of nitrogens with one attached hydrogen (secondary N) is 2. The molecular weight excluding hydrogens is 335 g/mol. The van der Waals surface area contributed by atoms with Crippen LogP contribution in [0.5, 0.6) is 0 Å². The first-order valence-corrected chi connectivity index (χ1v) is 8.32. The highest BCUT2D eigenvalue weighted by Gasteiger charge is 2.31. The Morgan fingerprint density at radius 2 is 2.04 bits per heavy atom. The van der Waals surface area contributed by atoms with Crippen molar-refractivity contribution in [2.24, 2.45) is 5.92 Å². The first-order chi connectivity index (χ1) is 11.9. The Morgan fingerprint density at radius 3 is 2.76 bits per heavy atom. The largest absolute Gasteiger partial charge is 0.417 e. The molecule has 3 rings (SSSR count). The number of rotatable bonds is 5. The molecule has 1 saturated heterocycles. The van der Waals surface area contributed by atoms with Crippen molar-refractivity contribution in [2.45, 2.75) is 38.4 Å². The highest BCUT2D eigenvalue weighted by atomic mass is 19.4. The lowest BCUT2D eigenvalue weighted by Crippen LogP contribution is -2.29. The van der Waals surface area contributed by atoms with Gasteiger partial charge in [0, 0.05) is 12.6 Å². The van der Waals surface area contributed by atoms with E-state index in [-0.39, 0.29) is 18.3 Å². The van der Waals surface area contributed by atoms with Crippen LogP contribution in [0.4, 0.5) is 13.2 Å². The lowest BCUT2D eigenvalue weighted by Gasteiger charge is -2.22. The summed E-state index contributed by atoms with van der Waals surface area (Å²) in [5.41, 5.74) is -0.467. The first kappa shape index (κ1) is 17.7. The lowest BCUT2D eigenvalue weighted by atomic mass is 9.93. The molecule has 0 aliphatic carbocycles. The Kier molecular flexibility index (Phi) is 5.22. The molecule has 3 heterocycles. The van der Waals surface area contributed by atoms with Gasteiger partial charge >= 0.3 is 6.18 Å². The Labute approximate surface area is 142 Å². The lowest BCUT2D eigenvalue weighted by molar-refractivity contribution is -0.137. The molecule has 6 nitrogen and oxygen atoms in total. The zero-order chi connectivity index (χ0) is 17.9. The maximum Gasteiger partial charge on any atom is 0.417 e. The molecule has 0 bridgehead atoms. The SMILES string of the molecule is O=C(CCC1CCNCC1)NCc1nnc2ccc(C(F)(F)F)cn12. The number of hydrogen-bond donors (Lipinski definition) is 2. The van der Waals surface area contributed by atoms with Gasteiger partial charge in [-0.25, -0.2) is 0 Å². The van der Waals surface area contributed by atoms with Crippen LogP contribution < -0.4 is 10.6 Å². The molecule has 0 radical (unpaired) electrons. The molecule has 1 amide bonds. The fraction of sp³-hybridized carbons (Fsp3) is 0.562. The zero-order valence-corrected chi connectivity index (χ0v) is 13.6. The van der Waals surface area contributed by atoms with Crippen molar-refractivity contribution in [1.29, 1.82) is 0 Å². The van der Waals surface area contributed by atoms with Gasteiger partial charge in [-0.05, 0) is 50.4 Å². The molecule has 0 atom stereocenters. The maximum absolute atomic E-state index is 12.8. The fourth-order valence-corrected chi connectivity index (χ4v) is 3.00. The predicted molar refractivity (Wildman–Crippen MR) is 84.7 cm³/mol. The van der Waals surface area contributed by atoms with Crippen molar-refractivity contribution in [2.75, 3.05) is 13.1 Å². The minimum Gasteiger partial charge on any atom is -0.349 e. The average molecular weight is 355 g/mol. The molecule has 2 aromatic heterocycles. The van der Waals surface area contributed by atoms with Gasteiger partial charge in [0.1, 0.15) is 0 Å². The van der Waals surface area contributed by atoms with E-state index in [9.17, 15) is 18.0 Å². The Balaban J connectivity index is 1.58. The van der Waals surface area contributed by atoms with E-state index in [4.69, 9.17) is 0 Å². The summed E-state index contributed by atoms with van der Waals surface area (Å²) >= 11 is 0. The van der Waals surface area contributed by atoms with E-state index in [0.717, 1.165) is 44.6 Å². The number of pyridine rings is 1. The van der Waals surface area contributed by atoms with Crippen LogP contribution in [0.1, 0.15) is 37.1 Å². The van der Waals surface area contributed by atoms with Crippen LogP contribution in [0.2, 0.25) is 0 Å². The number of halogens is 3. The van der Waals surface area contributed by atoms with Gasteiger partial charge in [-0.1, -0.05) is 0 Å². The average Bonchev–Trinajstić information content (AvgIpc) is 3.00. The Morgan fingerprint density at radius 1 is 1.28 bits per heavy atom. The zero-order valence-electron chi connectivity index (χ0n) is 13.6. The number of nitrogens with zero attached hydrogens (tertiary/aromatic N) is 3. The van der Waals surface area contributed by atoms with Crippen molar-refractivity contribution < 1.29 is 18.0 Å². The number of hydrogen-bond acceptors (Lipinski definition) is 4. The molecule has 1 fully saturated rings. The number of aromatic nitrogens is 3. The third-order valence-corrected chi connectivity index (χ3v) is 4.48. The first-order valence-electron chi connectivity index (χ1n) is 8.32. The molecule has 25 heavy (non-hydrogen) atoms. The minimum absolute atomic E-state index is 0.0491. The molecule has 2 aromatic rings. The van der Waals surface area contributed by atoms with Gasteiger partial charge in [0.2, 0.25) is 5.91 Å². The molecule has 0 spiro atoms. The van der Waals surface area contributed by atoms with Gasteiger partial charge in [-0.3, -0.25) is 9.20 Å². The van der Waals surface area contributed by atoms with E-state index < -0.39 is 11.7 Å². The van der Waals surface area contributed by atoms with E-state index in [0.29, 0.717) is 18.0 Å². The molecule has 1 aliphatic heterocycles. The van der Waals surface area contributed by atoms with Gasteiger partial charge in [-0.2, -0.15) is 13.2 Å². The molecule has 2 N–H and O–H groups in total. The second kappa shape index (κ2) is 7.38. The second-order valence-electron chi connectivity index (χ2n) is 6.27.